The molecule has 0 unspecified atom stereocenters. The highest BCUT2D eigenvalue weighted by molar-refractivity contribution is 5.85. The highest BCUT2D eigenvalue weighted by atomic mass is 35.5. The van der Waals surface area contributed by atoms with Crippen LogP contribution in [0, 0.1) is 0 Å². The van der Waals surface area contributed by atoms with Gasteiger partial charge < -0.3 is 9.84 Å². The highest BCUT2D eigenvalue weighted by Gasteiger charge is 2.23. The van der Waals surface area contributed by atoms with Crippen LogP contribution < -0.4 is 5.32 Å². The van der Waals surface area contributed by atoms with Crippen LogP contribution >= 0.6 is 12.4 Å². The SMILES string of the molecule is CNC1CCN(Cc2nc(C(C)(C)C)no2)CC1.Cl. The van der Waals surface area contributed by atoms with Crippen molar-refractivity contribution in [3.05, 3.63) is 11.7 Å². The lowest BCUT2D eigenvalue weighted by molar-refractivity contribution is 0.173. The average molecular weight is 289 g/mol. The van der Waals surface area contributed by atoms with Crippen LogP contribution in [-0.2, 0) is 12.0 Å². The van der Waals surface area contributed by atoms with Crippen molar-refractivity contribution in [3.63, 3.8) is 0 Å². The summed E-state index contributed by atoms with van der Waals surface area (Å²) in [7, 11) is 2.04. The Hall–Kier alpha value is -0.650. The van der Waals surface area contributed by atoms with Crippen molar-refractivity contribution in [2.75, 3.05) is 20.1 Å². The van der Waals surface area contributed by atoms with Gasteiger partial charge in [0.25, 0.3) is 0 Å². The maximum absolute atomic E-state index is 5.33. The minimum atomic E-state index is -0.0408. The van der Waals surface area contributed by atoms with Gasteiger partial charge in [0.15, 0.2) is 5.82 Å². The molecule has 110 valence electrons. The molecule has 0 aliphatic carbocycles. The van der Waals surface area contributed by atoms with Gasteiger partial charge in [0.05, 0.1) is 6.54 Å². The van der Waals surface area contributed by atoms with Gasteiger partial charge in [-0.15, -0.1) is 12.4 Å². The summed E-state index contributed by atoms with van der Waals surface area (Å²) in [4.78, 5) is 6.86. The zero-order valence-corrected chi connectivity index (χ0v) is 13.1. The van der Waals surface area contributed by atoms with Gasteiger partial charge in [-0.2, -0.15) is 4.98 Å². The number of halogens is 1. The molecule has 1 N–H and O–H groups in total. The molecule has 1 aliphatic rings. The topological polar surface area (TPSA) is 54.2 Å². The van der Waals surface area contributed by atoms with Gasteiger partial charge in [-0.25, -0.2) is 0 Å². The largest absolute Gasteiger partial charge is 0.338 e. The van der Waals surface area contributed by atoms with Gasteiger partial charge in [-0.3, -0.25) is 4.90 Å². The van der Waals surface area contributed by atoms with Crippen LogP contribution in [0.2, 0.25) is 0 Å². The van der Waals surface area contributed by atoms with E-state index in [1.165, 1.54) is 12.8 Å². The van der Waals surface area contributed by atoms with Crippen LogP contribution in [0.1, 0.15) is 45.3 Å². The lowest BCUT2D eigenvalue weighted by atomic mass is 9.96. The molecule has 0 radical (unpaired) electrons. The molecule has 0 bridgehead atoms. The maximum Gasteiger partial charge on any atom is 0.240 e. The highest BCUT2D eigenvalue weighted by Crippen LogP contribution is 2.19. The molecule has 5 nitrogen and oxygen atoms in total. The van der Waals surface area contributed by atoms with Crippen LogP contribution in [0.25, 0.3) is 0 Å². The first-order chi connectivity index (χ1) is 8.49. The van der Waals surface area contributed by atoms with E-state index >= 15 is 0 Å². The van der Waals surface area contributed by atoms with Gasteiger partial charge in [-0.05, 0) is 19.9 Å². The summed E-state index contributed by atoms with van der Waals surface area (Å²) in [6.07, 6.45) is 2.38. The summed E-state index contributed by atoms with van der Waals surface area (Å²) in [5, 5.41) is 7.39. The van der Waals surface area contributed by atoms with Gasteiger partial charge >= 0.3 is 0 Å². The normalized spacial score (nSPS) is 18.3. The second-order valence-corrected chi connectivity index (χ2v) is 6.10. The second kappa shape index (κ2) is 6.68. The van der Waals surface area contributed by atoms with Gasteiger partial charge in [0.2, 0.25) is 5.89 Å². The Morgan fingerprint density at radius 1 is 1.32 bits per heavy atom. The summed E-state index contributed by atoms with van der Waals surface area (Å²) in [5.74, 6) is 1.53. The summed E-state index contributed by atoms with van der Waals surface area (Å²) in [6.45, 7) is 9.26. The predicted molar refractivity (Wildman–Crippen MR) is 77.6 cm³/mol. The van der Waals surface area contributed by atoms with E-state index in [0.29, 0.717) is 6.04 Å². The molecule has 0 spiro atoms. The lowest BCUT2D eigenvalue weighted by Gasteiger charge is -2.30. The number of nitrogens with one attached hydrogen (secondary N) is 1. The number of likely N-dealkylation sites (tertiary alicyclic amines) is 1. The monoisotopic (exact) mass is 288 g/mol. The summed E-state index contributed by atoms with van der Waals surface area (Å²) in [5.41, 5.74) is -0.0408. The molecular formula is C13H25ClN4O. The fraction of sp³-hybridized carbons (Fsp3) is 0.846. The smallest absolute Gasteiger partial charge is 0.240 e. The third kappa shape index (κ3) is 4.44. The minimum absolute atomic E-state index is 0. The molecule has 0 saturated carbocycles. The Morgan fingerprint density at radius 2 is 1.95 bits per heavy atom. The van der Waals surface area contributed by atoms with E-state index in [9.17, 15) is 0 Å². The number of piperidine rings is 1. The molecule has 1 aromatic heterocycles. The van der Waals surface area contributed by atoms with E-state index in [4.69, 9.17) is 4.52 Å². The number of hydrogen-bond donors (Lipinski definition) is 1. The molecule has 6 heteroatoms. The maximum atomic E-state index is 5.33. The summed E-state index contributed by atoms with van der Waals surface area (Å²) in [6, 6.07) is 0.661. The van der Waals surface area contributed by atoms with Crippen molar-refractivity contribution in [2.24, 2.45) is 0 Å². The molecule has 1 saturated heterocycles. The fourth-order valence-corrected chi connectivity index (χ4v) is 2.19. The van der Waals surface area contributed by atoms with Crippen molar-refractivity contribution in [3.8, 4) is 0 Å². The number of aromatic nitrogens is 2. The van der Waals surface area contributed by atoms with E-state index in [2.05, 4.69) is 41.1 Å². The second-order valence-electron chi connectivity index (χ2n) is 6.10. The Labute approximate surface area is 121 Å². The van der Waals surface area contributed by atoms with Gasteiger partial charge in [0, 0.05) is 24.5 Å². The molecule has 2 rings (SSSR count). The Bertz CT molecular complexity index is 380. The Morgan fingerprint density at radius 3 is 2.42 bits per heavy atom. The molecule has 1 aromatic rings. The number of rotatable bonds is 3. The quantitative estimate of drug-likeness (QED) is 0.922. The lowest BCUT2D eigenvalue weighted by Crippen LogP contribution is -2.40. The van der Waals surface area contributed by atoms with Crippen LogP contribution in [0.15, 0.2) is 4.52 Å². The zero-order valence-electron chi connectivity index (χ0n) is 12.3. The molecule has 0 amide bonds. The van der Waals surface area contributed by atoms with Crippen molar-refractivity contribution in [1.82, 2.24) is 20.4 Å². The van der Waals surface area contributed by atoms with Crippen molar-refractivity contribution in [1.29, 1.82) is 0 Å². The first-order valence-electron chi connectivity index (χ1n) is 6.71. The summed E-state index contributed by atoms with van der Waals surface area (Å²) >= 11 is 0. The van der Waals surface area contributed by atoms with Crippen molar-refractivity contribution < 1.29 is 4.52 Å². The van der Waals surface area contributed by atoms with Crippen LogP contribution in [0.5, 0.6) is 0 Å². The standard InChI is InChI=1S/C13H24N4O.ClH/c1-13(2,3)12-15-11(18-16-12)9-17-7-5-10(14-4)6-8-17;/h10,14H,5-9H2,1-4H3;1H. The zero-order chi connectivity index (χ0) is 13.2. The molecule has 19 heavy (non-hydrogen) atoms. The van der Waals surface area contributed by atoms with E-state index in [1.807, 2.05) is 7.05 Å². The van der Waals surface area contributed by atoms with Gasteiger partial charge in [-0.1, -0.05) is 25.9 Å². The van der Waals surface area contributed by atoms with E-state index < -0.39 is 0 Å². The molecule has 1 fully saturated rings. The van der Waals surface area contributed by atoms with Crippen LogP contribution in [-0.4, -0.2) is 41.2 Å². The van der Waals surface area contributed by atoms with Crippen LogP contribution in [0.4, 0.5) is 0 Å². The molecule has 0 atom stereocenters. The number of hydrogen-bond acceptors (Lipinski definition) is 5. The first-order valence-corrected chi connectivity index (χ1v) is 6.71. The molecule has 2 heterocycles. The van der Waals surface area contributed by atoms with Crippen LogP contribution in [0.3, 0.4) is 0 Å². The predicted octanol–water partition coefficient (Wildman–Crippen LogP) is 1.97. The first kappa shape index (κ1) is 16.4. The molecule has 0 aromatic carbocycles. The van der Waals surface area contributed by atoms with E-state index in [-0.39, 0.29) is 17.8 Å². The average Bonchev–Trinajstić information content (AvgIpc) is 2.78. The third-order valence-corrected chi connectivity index (χ3v) is 3.49. The van der Waals surface area contributed by atoms with Gasteiger partial charge in [0.1, 0.15) is 0 Å². The molecule has 1 aliphatic heterocycles. The Balaban J connectivity index is 0.00000180. The van der Waals surface area contributed by atoms with E-state index in [0.717, 1.165) is 31.3 Å². The Kier molecular flexibility index (Phi) is 5.77. The minimum Gasteiger partial charge on any atom is -0.338 e. The van der Waals surface area contributed by atoms with Crippen molar-refractivity contribution in [2.45, 2.75) is 51.6 Å². The molecular weight excluding hydrogens is 264 g/mol. The van der Waals surface area contributed by atoms with E-state index in [1.54, 1.807) is 0 Å². The third-order valence-electron chi connectivity index (χ3n) is 3.49. The van der Waals surface area contributed by atoms with Crippen molar-refractivity contribution >= 4 is 12.4 Å². The fourth-order valence-electron chi connectivity index (χ4n) is 2.19. The number of nitrogens with zero attached hydrogens (tertiary/aromatic N) is 3. The summed E-state index contributed by atoms with van der Waals surface area (Å²) < 4.78 is 5.33.